The van der Waals surface area contributed by atoms with Crippen LogP contribution in [0.25, 0.3) is 22.7 Å². The second-order valence-corrected chi connectivity index (χ2v) is 7.11. The first-order valence-electron chi connectivity index (χ1n) is 9.15. The fourth-order valence-electron chi connectivity index (χ4n) is 3.11. The Labute approximate surface area is 179 Å². The van der Waals surface area contributed by atoms with Gasteiger partial charge in [0.15, 0.2) is 11.4 Å². The molecule has 0 saturated carbocycles. The van der Waals surface area contributed by atoms with Gasteiger partial charge in [0.05, 0.1) is 23.8 Å². The summed E-state index contributed by atoms with van der Waals surface area (Å²) < 4.78 is 8.00. The van der Waals surface area contributed by atoms with Crippen LogP contribution in [0.5, 0.6) is 0 Å². The third kappa shape index (κ3) is 3.38. The van der Waals surface area contributed by atoms with E-state index in [4.69, 9.17) is 16.0 Å². The number of aryl methyl sites for hydroxylation is 1. The molecular formula is C20H14ClN7O3. The van der Waals surface area contributed by atoms with Gasteiger partial charge in [0, 0.05) is 11.1 Å². The van der Waals surface area contributed by atoms with Crippen molar-refractivity contribution in [1.82, 2.24) is 29.5 Å². The highest BCUT2D eigenvalue weighted by Crippen LogP contribution is 2.19. The van der Waals surface area contributed by atoms with Crippen LogP contribution in [0.4, 0.5) is 5.82 Å². The summed E-state index contributed by atoms with van der Waals surface area (Å²) in [6.45, 7) is 1.76. The smallest absolute Gasteiger partial charge is 0.292 e. The summed E-state index contributed by atoms with van der Waals surface area (Å²) >= 11 is 5.97. The first kappa shape index (κ1) is 18.8. The Morgan fingerprint density at radius 3 is 2.74 bits per heavy atom. The van der Waals surface area contributed by atoms with Crippen LogP contribution in [-0.2, 0) is 0 Å². The number of halogens is 1. The van der Waals surface area contributed by atoms with Gasteiger partial charge in [-0.3, -0.25) is 14.6 Å². The van der Waals surface area contributed by atoms with Crippen LogP contribution in [0.2, 0.25) is 5.02 Å². The highest BCUT2D eigenvalue weighted by atomic mass is 35.5. The molecule has 0 spiro atoms. The van der Waals surface area contributed by atoms with Gasteiger partial charge in [-0.15, -0.1) is 0 Å². The van der Waals surface area contributed by atoms with Crippen molar-refractivity contribution in [2.24, 2.45) is 0 Å². The second kappa shape index (κ2) is 7.26. The molecule has 5 rings (SSSR count). The number of hydrogen-bond donors (Lipinski definition) is 2. The summed E-state index contributed by atoms with van der Waals surface area (Å²) in [6.07, 6.45) is 2.84. The number of amides is 1. The molecule has 1 amide bonds. The molecule has 0 bridgehead atoms. The van der Waals surface area contributed by atoms with E-state index in [1.807, 2.05) is 0 Å². The van der Waals surface area contributed by atoms with E-state index in [0.717, 1.165) is 0 Å². The molecule has 0 fully saturated rings. The number of H-pyrrole nitrogens is 1. The molecule has 11 heteroatoms. The number of nitrogens with one attached hydrogen (secondary N) is 2. The van der Waals surface area contributed by atoms with Gasteiger partial charge in [0.2, 0.25) is 5.95 Å². The lowest BCUT2D eigenvalue weighted by Crippen LogP contribution is -2.18. The number of aromatic nitrogens is 6. The van der Waals surface area contributed by atoms with E-state index in [0.29, 0.717) is 33.3 Å². The molecule has 31 heavy (non-hydrogen) atoms. The van der Waals surface area contributed by atoms with Gasteiger partial charge in [-0.25, -0.2) is 4.68 Å². The lowest BCUT2D eigenvalue weighted by molar-refractivity contribution is 0.0996. The minimum Gasteiger partial charge on any atom is -0.459 e. The molecule has 0 unspecified atom stereocenters. The molecule has 5 aromatic rings. The van der Waals surface area contributed by atoms with Crippen molar-refractivity contribution in [3.63, 3.8) is 0 Å². The molecule has 4 heterocycles. The lowest BCUT2D eigenvalue weighted by atomic mass is 10.3. The predicted molar refractivity (Wildman–Crippen MR) is 113 cm³/mol. The number of nitrogens with zero attached hydrogens (tertiary/aromatic N) is 5. The average Bonchev–Trinajstić information content (AvgIpc) is 3.48. The maximum Gasteiger partial charge on any atom is 0.292 e. The van der Waals surface area contributed by atoms with E-state index in [-0.39, 0.29) is 11.7 Å². The highest BCUT2D eigenvalue weighted by molar-refractivity contribution is 6.30. The third-order valence-corrected chi connectivity index (χ3v) is 4.77. The molecule has 1 aromatic carbocycles. The maximum atomic E-state index is 12.7. The topological polar surface area (TPSA) is 124 Å². The van der Waals surface area contributed by atoms with Crippen molar-refractivity contribution in [3.8, 4) is 11.6 Å². The van der Waals surface area contributed by atoms with E-state index in [1.165, 1.54) is 21.8 Å². The number of rotatable bonds is 4. The predicted octanol–water partition coefficient (Wildman–Crippen LogP) is 3.10. The maximum absolute atomic E-state index is 12.7. The number of benzene rings is 1. The van der Waals surface area contributed by atoms with Crippen molar-refractivity contribution in [1.29, 1.82) is 0 Å². The molecule has 4 aromatic heterocycles. The molecule has 0 saturated heterocycles. The van der Waals surface area contributed by atoms with Crippen LogP contribution in [0, 0.1) is 6.92 Å². The molecule has 154 valence electrons. The standard InChI is InChI=1S/C20H14ClN7O3/c1-11-9-16(23-19(30)15-3-2-8-31-15)28(26-11)20-24-17-14(18(29)25-20)10-22-27(17)13-6-4-12(21)5-7-13/h2-10H,1H3,(H,23,30)(H,24,25,29). The Kier molecular flexibility index (Phi) is 4.41. The monoisotopic (exact) mass is 435 g/mol. The van der Waals surface area contributed by atoms with Gasteiger partial charge in [0.1, 0.15) is 11.2 Å². The summed E-state index contributed by atoms with van der Waals surface area (Å²) in [5.74, 6) is 0.124. The van der Waals surface area contributed by atoms with Crippen LogP contribution in [0.3, 0.4) is 0 Å². The van der Waals surface area contributed by atoms with Gasteiger partial charge in [-0.05, 0) is 43.3 Å². The van der Waals surface area contributed by atoms with Crippen molar-refractivity contribution >= 4 is 34.4 Å². The van der Waals surface area contributed by atoms with Gasteiger partial charge >= 0.3 is 0 Å². The molecule has 0 aliphatic heterocycles. The number of hydrogen-bond acceptors (Lipinski definition) is 6. The third-order valence-electron chi connectivity index (χ3n) is 4.52. The Hall–Kier alpha value is -4.18. The van der Waals surface area contributed by atoms with Gasteiger partial charge in [-0.1, -0.05) is 11.6 Å². The molecule has 10 nitrogen and oxygen atoms in total. The largest absolute Gasteiger partial charge is 0.459 e. The molecule has 0 aliphatic carbocycles. The van der Waals surface area contributed by atoms with Crippen LogP contribution in [0.15, 0.2) is 64.1 Å². The van der Waals surface area contributed by atoms with Crippen molar-refractivity contribution in [2.75, 3.05) is 5.32 Å². The zero-order chi connectivity index (χ0) is 21.5. The van der Waals surface area contributed by atoms with Crippen LogP contribution >= 0.6 is 11.6 Å². The molecule has 0 atom stereocenters. The summed E-state index contributed by atoms with van der Waals surface area (Å²) in [5, 5.41) is 12.2. The van der Waals surface area contributed by atoms with E-state index < -0.39 is 11.5 Å². The lowest BCUT2D eigenvalue weighted by Gasteiger charge is -2.08. The van der Waals surface area contributed by atoms with E-state index in [2.05, 4.69) is 25.5 Å². The summed E-state index contributed by atoms with van der Waals surface area (Å²) in [7, 11) is 0. The highest BCUT2D eigenvalue weighted by Gasteiger charge is 2.18. The average molecular weight is 436 g/mol. The van der Waals surface area contributed by atoms with Crippen molar-refractivity contribution in [2.45, 2.75) is 6.92 Å². The van der Waals surface area contributed by atoms with E-state index >= 15 is 0 Å². The van der Waals surface area contributed by atoms with Crippen LogP contribution in [-0.4, -0.2) is 35.4 Å². The molecule has 0 aliphatic rings. The Bertz CT molecular complexity index is 1460. The summed E-state index contributed by atoms with van der Waals surface area (Å²) in [4.78, 5) is 32.3. The Morgan fingerprint density at radius 2 is 2.00 bits per heavy atom. The van der Waals surface area contributed by atoms with E-state index in [9.17, 15) is 9.59 Å². The number of aromatic amines is 1. The fourth-order valence-corrected chi connectivity index (χ4v) is 3.24. The molecule has 0 radical (unpaired) electrons. The first-order chi connectivity index (χ1) is 15.0. The summed E-state index contributed by atoms with van der Waals surface area (Å²) in [5.41, 5.74) is 1.24. The van der Waals surface area contributed by atoms with Gasteiger partial charge < -0.3 is 9.73 Å². The molecule has 2 N–H and O–H groups in total. The van der Waals surface area contributed by atoms with Crippen LogP contribution in [0.1, 0.15) is 16.2 Å². The fraction of sp³-hybridized carbons (Fsp3) is 0.0500. The Balaban J connectivity index is 1.61. The molecular weight excluding hydrogens is 422 g/mol. The van der Waals surface area contributed by atoms with Crippen LogP contribution < -0.4 is 10.9 Å². The van der Waals surface area contributed by atoms with Gasteiger partial charge in [0.25, 0.3) is 11.5 Å². The zero-order valence-electron chi connectivity index (χ0n) is 16.0. The first-order valence-corrected chi connectivity index (χ1v) is 9.53. The second-order valence-electron chi connectivity index (χ2n) is 6.67. The summed E-state index contributed by atoms with van der Waals surface area (Å²) in [6, 6.07) is 11.8. The minimum atomic E-state index is -0.458. The number of furan rings is 1. The zero-order valence-corrected chi connectivity index (χ0v) is 16.8. The number of anilines is 1. The van der Waals surface area contributed by atoms with Gasteiger partial charge in [-0.2, -0.15) is 19.9 Å². The quantitative estimate of drug-likeness (QED) is 0.447. The Morgan fingerprint density at radius 1 is 1.19 bits per heavy atom. The normalized spacial score (nSPS) is 11.2. The van der Waals surface area contributed by atoms with Crippen molar-refractivity contribution < 1.29 is 9.21 Å². The SMILES string of the molecule is Cc1cc(NC(=O)c2ccco2)n(-c2nc3c(cnn3-c3ccc(Cl)cc3)c(=O)[nH]2)n1. The number of carbonyl (C=O) groups excluding carboxylic acids is 1. The number of fused-ring (bicyclic) bond motifs is 1. The van der Waals surface area contributed by atoms with E-state index in [1.54, 1.807) is 49.4 Å². The van der Waals surface area contributed by atoms with Crippen molar-refractivity contribution in [3.05, 3.63) is 81.8 Å². The minimum absolute atomic E-state index is 0.121. The number of carbonyl (C=O) groups is 1.